The first kappa shape index (κ1) is 50.3. The molecule has 3 aromatic rings. The van der Waals surface area contributed by atoms with Crippen molar-refractivity contribution in [2.75, 3.05) is 95.7 Å². The van der Waals surface area contributed by atoms with Gasteiger partial charge in [-0.2, -0.15) is 0 Å². The number of benzene rings is 1. The Balaban J connectivity index is 1.17. The molecule has 3 amide bonds. The predicted octanol–water partition coefficient (Wildman–Crippen LogP) is 4.65. The lowest BCUT2D eigenvalue weighted by molar-refractivity contribution is -0.122. The normalized spacial score (nSPS) is 13.2. The van der Waals surface area contributed by atoms with E-state index >= 15 is 0 Å². The summed E-state index contributed by atoms with van der Waals surface area (Å²) in [6.07, 6.45) is 4.40. The van der Waals surface area contributed by atoms with Crippen LogP contribution in [0, 0.1) is 12.3 Å². The lowest BCUT2D eigenvalue weighted by Gasteiger charge is -2.35. The summed E-state index contributed by atoms with van der Waals surface area (Å²) in [5.41, 5.74) is 4.56. The summed E-state index contributed by atoms with van der Waals surface area (Å²) < 4.78 is 21.6. The molecule has 0 bridgehead atoms. The zero-order valence-electron chi connectivity index (χ0n) is 38.2. The van der Waals surface area contributed by atoms with Gasteiger partial charge in [0.05, 0.1) is 45.2 Å². The van der Waals surface area contributed by atoms with Gasteiger partial charge in [0.2, 0.25) is 5.91 Å². The summed E-state index contributed by atoms with van der Waals surface area (Å²) >= 11 is 0. The van der Waals surface area contributed by atoms with Crippen molar-refractivity contribution in [3.63, 3.8) is 0 Å². The number of aromatic amines is 1. The number of carbonyl (C=O) groups excluding carboxylic acids is 3. The fourth-order valence-corrected chi connectivity index (χ4v) is 6.96. The molecule has 0 saturated carbocycles. The highest BCUT2D eigenvalue weighted by molar-refractivity contribution is 6.06. The Bertz CT molecular complexity index is 1990. The number of aromatic nitrogens is 2. The van der Waals surface area contributed by atoms with E-state index in [4.69, 9.17) is 29.3 Å². The first-order valence-electron chi connectivity index (χ1n) is 22.0. The first-order chi connectivity index (χ1) is 30.2. The number of amides is 3. The van der Waals surface area contributed by atoms with E-state index in [1.54, 1.807) is 26.8 Å². The van der Waals surface area contributed by atoms with E-state index in [9.17, 15) is 19.2 Å². The molecule has 6 N–H and O–H groups in total. The van der Waals surface area contributed by atoms with Crippen LogP contribution in [0.5, 0.6) is 0 Å². The molecule has 3 heterocycles. The minimum atomic E-state index is -0.538. The number of piperazine rings is 1. The molecule has 0 radical (unpaired) electrons. The molecule has 346 valence electrons. The summed E-state index contributed by atoms with van der Waals surface area (Å²) in [5, 5.41) is 20.2. The molecule has 1 saturated heterocycles. The smallest absolute Gasteiger partial charge is 0.407 e. The van der Waals surface area contributed by atoms with Crippen molar-refractivity contribution in [2.24, 2.45) is 0 Å². The van der Waals surface area contributed by atoms with Crippen molar-refractivity contribution in [1.29, 1.82) is 5.41 Å². The zero-order chi connectivity index (χ0) is 45.8. The minimum absolute atomic E-state index is 0.0537. The van der Waals surface area contributed by atoms with Crippen molar-refractivity contribution in [1.82, 2.24) is 30.8 Å². The van der Waals surface area contributed by atoms with Crippen LogP contribution in [-0.2, 0) is 36.7 Å². The first-order valence-corrected chi connectivity index (χ1v) is 22.0. The third kappa shape index (κ3) is 17.4. The molecule has 2 aromatic heterocycles. The molecule has 0 spiro atoms. The van der Waals surface area contributed by atoms with Crippen LogP contribution in [0.1, 0.15) is 87.1 Å². The maximum Gasteiger partial charge on any atom is 0.407 e. The minimum Gasteiger partial charge on any atom is -0.444 e. The summed E-state index contributed by atoms with van der Waals surface area (Å²) in [7, 11) is 0. The van der Waals surface area contributed by atoms with E-state index in [2.05, 4.69) is 43.0 Å². The average molecular weight is 876 g/mol. The number of carbonyl (C=O) groups is 3. The van der Waals surface area contributed by atoms with Crippen molar-refractivity contribution >= 4 is 35.6 Å². The number of pyridine rings is 2. The van der Waals surface area contributed by atoms with Gasteiger partial charge in [-0.15, -0.1) is 0 Å². The highest BCUT2D eigenvalue weighted by Gasteiger charge is 2.21. The van der Waals surface area contributed by atoms with Crippen LogP contribution < -0.4 is 31.7 Å². The quantitative estimate of drug-likeness (QED) is 0.0508. The van der Waals surface area contributed by atoms with E-state index in [-0.39, 0.29) is 36.4 Å². The molecular weight excluding hydrogens is 807 g/mol. The topological polar surface area (TPSA) is 212 Å². The van der Waals surface area contributed by atoms with E-state index in [1.165, 1.54) is 6.21 Å². The van der Waals surface area contributed by atoms with E-state index in [0.717, 1.165) is 73.8 Å². The number of H-pyrrole nitrogens is 1. The molecule has 0 aliphatic carbocycles. The van der Waals surface area contributed by atoms with Crippen LogP contribution in [0.4, 0.5) is 16.3 Å². The maximum absolute atomic E-state index is 13.8. The second-order valence-corrected chi connectivity index (χ2v) is 16.7. The molecule has 4 rings (SSSR count). The van der Waals surface area contributed by atoms with Gasteiger partial charge in [-0.05, 0) is 89.4 Å². The van der Waals surface area contributed by atoms with Gasteiger partial charge in [0.25, 0.3) is 11.5 Å². The van der Waals surface area contributed by atoms with E-state index in [1.807, 2.05) is 51.2 Å². The standard InChI is InChI=1S/C46H69N9O8/c1-8-9-34-26-33(4)53-44(58)39(34)31-51-43(57)37-27-36(28-40(38(37)29-47)52-32(2)3)35-10-11-41(50-30-35)55-18-16-54(17-19-55)15-13-48-42(56)12-20-60-22-24-62-25-23-61-21-14-49-45(59)63-46(5,6)7/h10-11,26-30,32,47,52H,8-9,12-25,31H2,1-7H3,(H,48,56)(H,49,59)(H,51,57)(H,53,58). The molecule has 1 aliphatic heterocycles. The van der Waals surface area contributed by atoms with Gasteiger partial charge >= 0.3 is 6.09 Å². The van der Waals surface area contributed by atoms with Crippen molar-refractivity contribution in [3.8, 4) is 11.1 Å². The van der Waals surface area contributed by atoms with Gasteiger partial charge in [-0.3, -0.25) is 19.3 Å². The Morgan fingerprint density at radius 1 is 0.905 bits per heavy atom. The fourth-order valence-electron chi connectivity index (χ4n) is 6.96. The van der Waals surface area contributed by atoms with Crippen LogP contribution in [0.25, 0.3) is 11.1 Å². The molecule has 17 nitrogen and oxygen atoms in total. The molecule has 17 heteroatoms. The summed E-state index contributed by atoms with van der Waals surface area (Å²) in [5.74, 6) is 0.428. The van der Waals surface area contributed by atoms with Crippen molar-refractivity contribution < 1.29 is 33.3 Å². The summed E-state index contributed by atoms with van der Waals surface area (Å²) in [6.45, 7) is 20.5. The van der Waals surface area contributed by atoms with Gasteiger partial charge in [0, 0.05) is 105 Å². The Hall–Kier alpha value is -5.36. The number of alkyl carbamates (subject to hydrolysis) is 1. The number of nitrogens with zero attached hydrogens (tertiary/aromatic N) is 3. The lowest BCUT2D eigenvalue weighted by atomic mass is 9.97. The van der Waals surface area contributed by atoms with Crippen molar-refractivity contribution in [3.05, 3.63) is 74.8 Å². The Labute approximate surface area is 371 Å². The van der Waals surface area contributed by atoms with E-state index in [0.29, 0.717) is 75.1 Å². The zero-order valence-corrected chi connectivity index (χ0v) is 38.2. The van der Waals surface area contributed by atoms with Gasteiger partial charge in [0.15, 0.2) is 0 Å². The Morgan fingerprint density at radius 3 is 2.24 bits per heavy atom. The van der Waals surface area contributed by atoms with Gasteiger partial charge in [-0.1, -0.05) is 13.3 Å². The van der Waals surface area contributed by atoms with Crippen LogP contribution in [-0.4, -0.2) is 136 Å². The third-order valence-corrected chi connectivity index (χ3v) is 9.98. The fraction of sp³-hybridized carbons (Fsp3) is 0.565. The van der Waals surface area contributed by atoms with Gasteiger partial charge in [0.1, 0.15) is 11.4 Å². The van der Waals surface area contributed by atoms with Gasteiger partial charge in [-0.25, -0.2) is 9.78 Å². The SMILES string of the molecule is CCCc1cc(C)[nH]c(=O)c1CNC(=O)c1cc(-c2ccc(N3CCN(CCNC(=O)CCOCCOCCOCCNC(=O)OC(C)(C)C)CC3)nc2)cc(NC(C)C)c1C=N. The van der Waals surface area contributed by atoms with Crippen LogP contribution in [0.15, 0.2) is 41.3 Å². The number of aryl methyl sites for hydroxylation is 2. The summed E-state index contributed by atoms with van der Waals surface area (Å²) in [4.78, 5) is 62.8. The Morgan fingerprint density at radius 2 is 1.60 bits per heavy atom. The second kappa shape index (κ2) is 25.7. The van der Waals surface area contributed by atoms with Crippen LogP contribution >= 0.6 is 0 Å². The van der Waals surface area contributed by atoms with Crippen molar-refractivity contribution in [2.45, 2.75) is 85.9 Å². The molecule has 1 aliphatic rings. The lowest BCUT2D eigenvalue weighted by Crippen LogP contribution is -2.48. The molecule has 1 fully saturated rings. The monoisotopic (exact) mass is 876 g/mol. The van der Waals surface area contributed by atoms with Crippen LogP contribution in [0.3, 0.4) is 0 Å². The number of hydrogen-bond acceptors (Lipinski definition) is 13. The molecule has 0 atom stereocenters. The number of hydrogen-bond donors (Lipinski definition) is 6. The summed E-state index contributed by atoms with van der Waals surface area (Å²) in [6, 6.07) is 9.72. The average Bonchev–Trinajstić information content (AvgIpc) is 3.23. The van der Waals surface area contributed by atoms with Crippen LogP contribution in [0.2, 0.25) is 0 Å². The third-order valence-electron chi connectivity index (χ3n) is 9.98. The highest BCUT2D eigenvalue weighted by atomic mass is 16.6. The second-order valence-electron chi connectivity index (χ2n) is 16.7. The largest absolute Gasteiger partial charge is 0.444 e. The number of anilines is 2. The number of rotatable bonds is 25. The number of ether oxygens (including phenoxy) is 4. The molecule has 0 unspecified atom stereocenters. The Kier molecular flexibility index (Phi) is 20.5. The molecule has 63 heavy (non-hydrogen) atoms. The molecular formula is C46H69N9O8. The maximum atomic E-state index is 13.8. The molecule has 1 aromatic carbocycles. The van der Waals surface area contributed by atoms with E-state index < -0.39 is 11.7 Å². The predicted molar refractivity (Wildman–Crippen MR) is 246 cm³/mol. The number of nitrogens with one attached hydrogen (secondary N) is 6. The van der Waals surface area contributed by atoms with Gasteiger partial charge < -0.3 is 55.5 Å². The highest BCUT2D eigenvalue weighted by Crippen LogP contribution is 2.30.